The lowest BCUT2D eigenvalue weighted by Crippen LogP contribution is -2.37. The van der Waals surface area contributed by atoms with E-state index in [0.717, 1.165) is 64.3 Å². The molecule has 1 aliphatic heterocycles. The minimum atomic E-state index is -0.187. The van der Waals surface area contributed by atoms with Gasteiger partial charge in [-0.15, -0.1) is 0 Å². The van der Waals surface area contributed by atoms with Gasteiger partial charge in [0.15, 0.2) is 12.4 Å². The Morgan fingerprint density at radius 1 is 1.16 bits per heavy atom. The molecule has 1 aromatic heterocycles. The molecule has 3 rings (SSSR count). The van der Waals surface area contributed by atoms with E-state index in [2.05, 4.69) is 57.1 Å². The number of hydrogen-bond donors (Lipinski definition) is 1. The number of anilines is 1. The molecule has 2 heterocycles. The molecule has 8 heteroatoms. The van der Waals surface area contributed by atoms with E-state index in [9.17, 15) is 4.79 Å². The molecule has 0 unspecified atom stereocenters. The summed E-state index contributed by atoms with van der Waals surface area (Å²) >= 11 is 0. The second kappa shape index (κ2) is 12.2. The number of nitrogens with one attached hydrogen (secondary N) is 1. The van der Waals surface area contributed by atoms with Crippen LogP contribution in [0.25, 0.3) is 0 Å². The highest BCUT2D eigenvalue weighted by Gasteiger charge is 2.14. The van der Waals surface area contributed by atoms with Gasteiger partial charge < -0.3 is 24.6 Å². The first kappa shape index (κ1) is 23.8. The highest BCUT2D eigenvalue weighted by Crippen LogP contribution is 2.26. The molecule has 8 nitrogen and oxygen atoms in total. The Morgan fingerprint density at radius 2 is 1.97 bits per heavy atom. The van der Waals surface area contributed by atoms with Gasteiger partial charge in [-0.2, -0.15) is 0 Å². The molecule has 0 fully saturated rings. The van der Waals surface area contributed by atoms with E-state index in [4.69, 9.17) is 9.47 Å². The van der Waals surface area contributed by atoms with E-state index in [-0.39, 0.29) is 12.5 Å². The maximum Gasteiger partial charge on any atom is 0.257 e. The van der Waals surface area contributed by atoms with Crippen LogP contribution >= 0.6 is 0 Å². The lowest BCUT2D eigenvalue weighted by atomic mass is 10.1. The molecule has 1 aliphatic rings. The highest BCUT2D eigenvalue weighted by atomic mass is 16.5. The molecular formula is C24H35N5O3. The molecule has 1 N–H and O–H groups in total. The molecule has 1 amide bonds. The first-order chi connectivity index (χ1) is 15.6. The summed E-state index contributed by atoms with van der Waals surface area (Å²) in [4.78, 5) is 24.8. The molecule has 32 heavy (non-hydrogen) atoms. The van der Waals surface area contributed by atoms with E-state index in [1.165, 1.54) is 11.1 Å². The monoisotopic (exact) mass is 441 g/mol. The zero-order valence-corrected chi connectivity index (χ0v) is 19.5. The fourth-order valence-corrected chi connectivity index (χ4v) is 3.74. The van der Waals surface area contributed by atoms with Crippen molar-refractivity contribution in [2.24, 2.45) is 0 Å². The summed E-state index contributed by atoms with van der Waals surface area (Å²) in [5, 5.41) is 2.52. The molecular weight excluding hydrogens is 406 g/mol. The van der Waals surface area contributed by atoms with Crippen molar-refractivity contribution in [1.29, 1.82) is 0 Å². The summed E-state index contributed by atoms with van der Waals surface area (Å²) < 4.78 is 11.1. The third-order valence-electron chi connectivity index (χ3n) is 5.63. The third-order valence-corrected chi connectivity index (χ3v) is 5.63. The van der Waals surface area contributed by atoms with Crippen LogP contribution in [0, 0.1) is 0 Å². The summed E-state index contributed by atoms with van der Waals surface area (Å²) in [5.74, 6) is 2.03. The number of amides is 1. The Hall–Kier alpha value is -2.87. The summed E-state index contributed by atoms with van der Waals surface area (Å²) in [6.45, 7) is 9.77. The van der Waals surface area contributed by atoms with Crippen LogP contribution in [0.4, 0.5) is 5.95 Å². The number of ether oxygens (including phenoxy) is 2. The van der Waals surface area contributed by atoms with Gasteiger partial charge >= 0.3 is 0 Å². The van der Waals surface area contributed by atoms with Crippen LogP contribution in [0.5, 0.6) is 11.5 Å². The predicted octanol–water partition coefficient (Wildman–Crippen LogP) is 2.32. The van der Waals surface area contributed by atoms with Crippen molar-refractivity contribution < 1.29 is 14.3 Å². The van der Waals surface area contributed by atoms with E-state index >= 15 is 0 Å². The van der Waals surface area contributed by atoms with Gasteiger partial charge in [0.25, 0.3) is 5.91 Å². The van der Waals surface area contributed by atoms with Crippen molar-refractivity contribution in [2.45, 2.75) is 33.1 Å². The Bertz CT molecular complexity index is 859. The molecule has 0 saturated carbocycles. The summed E-state index contributed by atoms with van der Waals surface area (Å²) in [7, 11) is 1.58. The van der Waals surface area contributed by atoms with Gasteiger partial charge in [-0.3, -0.25) is 4.79 Å². The van der Waals surface area contributed by atoms with E-state index in [1.54, 1.807) is 19.4 Å². The minimum Gasteiger partial charge on any atom is -0.493 e. The first-order valence-electron chi connectivity index (χ1n) is 11.5. The molecule has 2 aromatic rings. The standard InChI is InChI=1S/C24H35N5O3/c1-4-10-28(11-8-19-6-7-20-9-14-31-22(20)15-19)12-13-29(5-2)24-26-16-21(17-27-24)32-18-23(30)25-3/h6-7,15-17H,4-5,8-14,18H2,1-3H3,(H,25,30). The fraction of sp³-hybridized carbons (Fsp3) is 0.542. The number of hydrogen-bond acceptors (Lipinski definition) is 7. The lowest BCUT2D eigenvalue weighted by molar-refractivity contribution is -0.122. The summed E-state index contributed by atoms with van der Waals surface area (Å²) in [6, 6.07) is 6.64. The molecule has 0 saturated heterocycles. The largest absolute Gasteiger partial charge is 0.493 e. The Kier molecular flexibility index (Phi) is 9.10. The number of nitrogens with zero attached hydrogens (tertiary/aromatic N) is 4. The molecule has 1 aromatic carbocycles. The second-order valence-corrected chi connectivity index (χ2v) is 7.89. The number of rotatable bonds is 13. The predicted molar refractivity (Wildman–Crippen MR) is 126 cm³/mol. The van der Waals surface area contributed by atoms with Crippen molar-refractivity contribution in [3.63, 3.8) is 0 Å². The first-order valence-corrected chi connectivity index (χ1v) is 11.5. The smallest absolute Gasteiger partial charge is 0.257 e. The average Bonchev–Trinajstić information content (AvgIpc) is 3.30. The number of likely N-dealkylation sites (N-methyl/N-ethyl adjacent to an activating group) is 2. The average molecular weight is 442 g/mol. The number of fused-ring (bicyclic) bond motifs is 1. The van der Waals surface area contributed by atoms with E-state index in [0.29, 0.717) is 11.7 Å². The van der Waals surface area contributed by atoms with Crippen molar-refractivity contribution >= 4 is 11.9 Å². The van der Waals surface area contributed by atoms with Crippen LogP contribution in [0.1, 0.15) is 31.4 Å². The summed E-state index contributed by atoms with van der Waals surface area (Å²) in [6.07, 6.45) is 6.39. The molecule has 0 atom stereocenters. The normalized spacial score (nSPS) is 12.4. The maximum atomic E-state index is 11.3. The Balaban J connectivity index is 1.51. The van der Waals surface area contributed by atoms with Gasteiger partial charge in [-0.1, -0.05) is 19.1 Å². The van der Waals surface area contributed by atoms with Gasteiger partial charge in [0, 0.05) is 39.6 Å². The summed E-state index contributed by atoms with van der Waals surface area (Å²) in [5.41, 5.74) is 2.65. The van der Waals surface area contributed by atoms with Gasteiger partial charge in [-0.25, -0.2) is 9.97 Å². The maximum absolute atomic E-state index is 11.3. The van der Waals surface area contributed by atoms with Crippen LogP contribution in [-0.2, 0) is 17.6 Å². The van der Waals surface area contributed by atoms with Crippen LogP contribution in [0.3, 0.4) is 0 Å². The van der Waals surface area contributed by atoms with Gasteiger partial charge in [0.1, 0.15) is 5.75 Å². The molecule has 0 bridgehead atoms. The third kappa shape index (κ3) is 6.82. The SMILES string of the molecule is CCCN(CCc1ccc2c(c1)OCC2)CCN(CC)c1ncc(OCC(=O)NC)cn1. The van der Waals surface area contributed by atoms with Crippen LogP contribution in [0.15, 0.2) is 30.6 Å². The van der Waals surface area contributed by atoms with Crippen LogP contribution in [-0.4, -0.2) is 73.8 Å². The minimum absolute atomic E-state index is 0.0426. The number of benzene rings is 1. The molecule has 174 valence electrons. The number of aromatic nitrogens is 2. The van der Waals surface area contributed by atoms with Crippen molar-refractivity contribution in [3.05, 3.63) is 41.7 Å². The van der Waals surface area contributed by atoms with Gasteiger partial charge in [0.2, 0.25) is 5.95 Å². The fourth-order valence-electron chi connectivity index (χ4n) is 3.74. The Labute approximate surface area is 190 Å². The van der Waals surface area contributed by atoms with E-state index < -0.39 is 0 Å². The van der Waals surface area contributed by atoms with Gasteiger partial charge in [0.05, 0.1) is 19.0 Å². The lowest BCUT2D eigenvalue weighted by Gasteiger charge is -2.27. The van der Waals surface area contributed by atoms with Gasteiger partial charge in [-0.05, 0) is 43.5 Å². The Morgan fingerprint density at radius 3 is 2.69 bits per heavy atom. The zero-order valence-electron chi connectivity index (χ0n) is 19.5. The second-order valence-electron chi connectivity index (χ2n) is 7.89. The molecule has 0 radical (unpaired) electrons. The molecule has 0 aliphatic carbocycles. The van der Waals surface area contributed by atoms with Crippen molar-refractivity contribution in [1.82, 2.24) is 20.2 Å². The molecule has 0 spiro atoms. The quantitative estimate of drug-likeness (QED) is 0.511. The van der Waals surface area contributed by atoms with Crippen LogP contribution < -0.4 is 19.7 Å². The van der Waals surface area contributed by atoms with Crippen molar-refractivity contribution in [3.8, 4) is 11.5 Å². The highest BCUT2D eigenvalue weighted by molar-refractivity contribution is 5.77. The topological polar surface area (TPSA) is 79.8 Å². The number of carbonyl (C=O) groups excluding carboxylic acids is 1. The number of carbonyl (C=O) groups is 1. The van der Waals surface area contributed by atoms with Crippen LogP contribution in [0.2, 0.25) is 0 Å². The van der Waals surface area contributed by atoms with E-state index in [1.807, 2.05) is 0 Å². The zero-order chi connectivity index (χ0) is 22.8. The van der Waals surface area contributed by atoms with Crippen molar-refractivity contribution in [2.75, 3.05) is 57.9 Å².